The largest absolute Gasteiger partial charge is 0.355 e. The van der Waals surface area contributed by atoms with Crippen LogP contribution < -0.4 is 10.6 Å². The maximum atomic E-state index is 4.44. The van der Waals surface area contributed by atoms with Crippen LogP contribution in [0.1, 0.15) is 24.8 Å². The van der Waals surface area contributed by atoms with Crippen molar-refractivity contribution in [2.45, 2.75) is 31.8 Å². The van der Waals surface area contributed by atoms with Crippen LogP contribution in [0, 0.1) is 0 Å². The zero-order valence-electron chi connectivity index (χ0n) is 18.1. The van der Waals surface area contributed by atoms with E-state index in [9.17, 15) is 0 Å². The molecule has 0 saturated carbocycles. The van der Waals surface area contributed by atoms with Gasteiger partial charge in [-0.3, -0.25) is 9.89 Å². The van der Waals surface area contributed by atoms with Gasteiger partial charge in [0.2, 0.25) is 0 Å². The normalized spacial score (nSPS) is 20.7. The first-order valence-electron chi connectivity index (χ1n) is 10.9. The van der Waals surface area contributed by atoms with Crippen LogP contribution in [0.3, 0.4) is 0 Å². The highest BCUT2D eigenvalue weighted by Gasteiger charge is 2.20. The van der Waals surface area contributed by atoms with Gasteiger partial charge in [-0.15, -0.1) is 24.0 Å². The summed E-state index contributed by atoms with van der Waals surface area (Å²) in [4.78, 5) is 12.0. The number of rotatable bonds is 6. The smallest absolute Gasteiger partial charge is 0.191 e. The van der Waals surface area contributed by atoms with E-state index in [0.717, 1.165) is 38.7 Å². The number of piperidine rings is 1. The molecule has 6 nitrogen and oxygen atoms in total. The fraction of sp³-hybridized carbons (Fsp3) is 0.682. The molecule has 0 unspecified atom stereocenters. The first kappa shape index (κ1) is 24.4. The molecular weight excluding hydrogens is 475 g/mol. The van der Waals surface area contributed by atoms with E-state index in [1.807, 2.05) is 7.05 Å². The van der Waals surface area contributed by atoms with Gasteiger partial charge < -0.3 is 20.4 Å². The van der Waals surface area contributed by atoms with Gasteiger partial charge in [0.1, 0.15) is 0 Å². The minimum absolute atomic E-state index is 0. The summed E-state index contributed by atoms with van der Waals surface area (Å²) < 4.78 is 0. The van der Waals surface area contributed by atoms with Gasteiger partial charge in [0.05, 0.1) is 0 Å². The summed E-state index contributed by atoms with van der Waals surface area (Å²) in [6.45, 7) is 10.2. The SMILES string of the molecule is CN=C(NCCN1CCCN(C)CC1)NC1CCN(Cc2ccccc2)CC1.I. The second-order valence-corrected chi connectivity index (χ2v) is 8.18. The number of aliphatic imine (C=N–C) groups is 1. The number of halogens is 1. The molecule has 2 saturated heterocycles. The number of likely N-dealkylation sites (N-methyl/N-ethyl adjacent to an activating group) is 1. The molecule has 0 aliphatic carbocycles. The second kappa shape index (κ2) is 13.4. The van der Waals surface area contributed by atoms with Crippen LogP contribution in [0.5, 0.6) is 0 Å². The first-order chi connectivity index (χ1) is 13.7. The Morgan fingerprint density at radius 3 is 2.48 bits per heavy atom. The predicted molar refractivity (Wildman–Crippen MR) is 133 cm³/mol. The molecule has 0 radical (unpaired) electrons. The van der Waals surface area contributed by atoms with Gasteiger partial charge in [-0.2, -0.15) is 0 Å². The lowest BCUT2D eigenvalue weighted by molar-refractivity contribution is 0.198. The van der Waals surface area contributed by atoms with Crippen molar-refractivity contribution in [1.82, 2.24) is 25.3 Å². The average Bonchev–Trinajstić information content (AvgIpc) is 2.93. The fourth-order valence-corrected chi connectivity index (χ4v) is 4.12. The van der Waals surface area contributed by atoms with E-state index in [1.54, 1.807) is 0 Å². The van der Waals surface area contributed by atoms with E-state index in [4.69, 9.17) is 0 Å². The topological polar surface area (TPSA) is 46.1 Å². The van der Waals surface area contributed by atoms with Crippen LogP contribution >= 0.6 is 24.0 Å². The third-order valence-electron chi connectivity index (χ3n) is 5.93. The van der Waals surface area contributed by atoms with E-state index in [0.29, 0.717) is 6.04 Å². The molecule has 2 aliphatic heterocycles. The Morgan fingerprint density at radius 1 is 1.00 bits per heavy atom. The quantitative estimate of drug-likeness (QED) is 0.346. The molecule has 0 amide bonds. The summed E-state index contributed by atoms with van der Waals surface area (Å²) in [6, 6.07) is 11.3. The van der Waals surface area contributed by atoms with Crippen LogP contribution in [0.25, 0.3) is 0 Å². The van der Waals surface area contributed by atoms with Crippen molar-refractivity contribution >= 4 is 29.9 Å². The van der Waals surface area contributed by atoms with E-state index >= 15 is 0 Å². The highest BCUT2D eigenvalue weighted by Crippen LogP contribution is 2.13. The summed E-state index contributed by atoms with van der Waals surface area (Å²) in [5.41, 5.74) is 1.41. The molecule has 3 rings (SSSR count). The summed E-state index contributed by atoms with van der Waals surface area (Å²) >= 11 is 0. The molecule has 0 atom stereocenters. The highest BCUT2D eigenvalue weighted by molar-refractivity contribution is 14.0. The first-order valence-corrected chi connectivity index (χ1v) is 10.9. The monoisotopic (exact) mass is 514 g/mol. The minimum Gasteiger partial charge on any atom is -0.355 e. The lowest BCUT2D eigenvalue weighted by Crippen LogP contribution is -2.49. The molecule has 0 aromatic heterocycles. The predicted octanol–water partition coefficient (Wildman–Crippen LogP) is 2.07. The van der Waals surface area contributed by atoms with E-state index < -0.39 is 0 Å². The van der Waals surface area contributed by atoms with Crippen LogP contribution in [0.4, 0.5) is 0 Å². The zero-order chi connectivity index (χ0) is 19.6. The van der Waals surface area contributed by atoms with E-state index in [1.165, 1.54) is 51.0 Å². The number of benzene rings is 1. The zero-order valence-corrected chi connectivity index (χ0v) is 20.5. The molecule has 7 heteroatoms. The number of hydrogen-bond acceptors (Lipinski definition) is 4. The fourth-order valence-electron chi connectivity index (χ4n) is 4.12. The van der Waals surface area contributed by atoms with Crippen LogP contribution in [-0.4, -0.2) is 93.2 Å². The molecule has 2 aliphatic rings. The van der Waals surface area contributed by atoms with Crippen molar-refractivity contribution in [3.8, 4) is 0 Å². The molecule has 164 valence electrons. The van der Waals surface area contributed by atoms with Gasteiger partial charge in [-0.25, -0.2) is 0 Å². The van der Waals surface area contributed by atoms with Gasteiger partial charge in [0, 0.05) is 58.9 Å². The molecule has 2 N–H and O–H groups in total. The lowest BCUT2D eigenvalue weighted by Gasteiger charge is -2.33. The van der Waals surface area contributed by atoms with Crippen molar-refractivity contribution in [3.05, 3.63) is 35.9 Å². The van der Waals surface area contributed by atoms with Crippen molar-refractivity contribution < 1.29 is 0 Å². The third-order valence-corrected chi connectivity index (χ3v) is 5.93. The van der Waals surface area contributed by atoms with E-state index in [-0.39, 0.29) is 24.0 Å². The van der Waals surface area contributed by atoms with Crippen LogP contribution in [0.2, 0.25) is 0 Å². The Labute approximate surface area is 194 Å². The Bertz CT molecular complexity index is 588. The van der Waals surface area contributed by atoms with E-state index in [2.05, 4.69) is 67.7 Å². The standard InChI is InChI=1S/C22H38N6.HI/c1-23-22(24-11-16-27-13-6-12-26(2)17-18-27)25-21-9-14-28(15-10-21)19-20-7-4-3-5-8-20;/h3-5,7-8,21H,6,9-19H2,1-2H3,(H2,23,24,25);1H. The van der Waals surface area contributed by atoms with Gasteiger partial charge in [-0.1, -0.05) is 30.3 Å². The van der Waals surface area contributed by atoms with Gasteiger partial charge >= 0.3 is 0 Å². The summed E-state index contributed by atoms with van der Waals surface area (Å²) in [6.07, 6.45) is 3.61. The molecule has 29 heavy (non-hydrogen) atoms. The summed E-state index contributed by atoms with van der Waals surface area (Å²) in [7, 11) is 4.10. The maximum absolute atomic E-state index is 4.44. The van der Waals surface area contributed by atoms with Crippen molar-refractivity contribution in [2.24, 2.45) is 4.99 Å². The number of hydrogen-bond donors (Lipinski definition) is 2. The molecular formula is C22H39IN6. The third kappa shape index (κ3) is 8.78. The Balaban J connectivity index is 0.00000300. The van der Waals surface area contributed by atoms with Gasteiger partial charge in [0.15, 0.2) is 5.96 Å². The second-order valence-electron chi connectivity index (χ2n) is 8.18. The average molecular weight is 515 g/mol. The van der Waals surface area contributed by atoms with Crippen LogP contribution in [0.15, 0.2) is 35.3 Å². The molecule has 1 aromatic carbocycles. The Morgan fingerprint density at radius 2 is 1.76 bits per heavy atom. The van der Waals surface area contributed by atoms with Gasteiger partial charge in [0.25, 0.3) is 0 Å². The molecule has 0 bridgehead atoms. The molecule has 2 fully saturated rings. The molecule has 1 aromatic rings. The Kier molecular flexibility index (Phi) is 11.3. The van der Waals surface area contributed by atoms with Gasteiger partial charge in [-0.05, 0) is 45.0 Å². The number of likely N-dealkylation sites (tertiary alicyclic amines) is 1. The Hall–Kier alpha value is -0.900. The van der Waals surface area contributed by atoms with Crippen molar-refractivity contribution in [2.75, 3.05) is 66.5 Å². The van der Waals surface area contributed by atoms with Crippen LogP contribution in [-0.2, 0) is 6.54 Å². The van der Waals surface area contributed by atoms with Crippen molar-refractivity contribution in [1.29, 1.82) is 0 Å². The lowest BCUT2D eigenvalue weighted by atomic mass is 10.0. The molecule has 2 heterocycles. The summed E-state index contributed by atoms with van der Waals surface area (Å²) in [5, 5.41) is 7.15. The number of nitrogens with zero attached hydrogens (tertiary/aromatic N) is 4. The summed E-state index contributed by atoms with van der Waals surface area (Å²) in [5.74, 6) is 0.952. The number of nitrogens with one attached hydrogen (secondary N) is 2. The number of guanidine groups is 1. The van der Waals surface area contributed by atoms with Crippen molar-refractivity contribution in [3.63, 3.8) is 0 Å². The highest BCUT2D eigenvalue weighted by atomic mass is 127. The minimum atomic E-state index is 0. The maximum Gasteiger partial charge on any atom is 0.191 e. The molecule has 0 spiro atoms.